The van der Waals surface area contributed by atoms with Crippen LogP contribution in [-0.4, -0.2) is 18.2 Å². The van der Waals surface area contributed by atoms with E-state index >= 15 is 0 Å². The maximum absolute atomic E-state index is 13.0. The predicted molar refractivity (Wildman–Crippen MR) is 107 cm³/mol. The summed E-state index contributed by atoms with van der Waals surface area (Å²) in [6, 6.07) is 13.3. The van der Waals surface area contributed by atoms with Gasteiger partial charge in [-0.25, -0.2) is 13.1 Å². The van der Waals surface area contributed by atoms with Gasteiger partial charge in [0.1, 0.15) is 4.90 Å². The number of hydrogen-bond acceptors (Lipinski definition) is 3. The fraction of sp³-hybridized carbons (Fsp3) is 0.211. The lowest BCUT2D eigenvalue weighted by Crippen LogP contribution is -2.15. The molecule has 0 radical (unpaired) electrons. The van der Waals surface area contributed by atoms with Crippen molar-refractivity contribution in [3.8, 4) is 5.69 Å². The number of aromatic nitrogens is 2. The molecule has 0 bridgehead atoms. The molecular formula is C19H20BrN3O2S. The molecule has 1 N–H and O–H groups in total. The SMILES string of the molecule is Cc1ccc(-n2nc(C)c(S(=O)(=O)Nc3ccc(C)cc3Br)c2C)cc1. The number of halogens is 1. The summed E-state index contributed by atoms with van der Waals surface area (Å²) in [6.07, 6.45) is 0. The smallest absolute Gasteiger partial charge is 0.265 e. The molecule has 136 valence electrons. The number of rotatable bonds is 4. The number of hydrogen-bond donors (Lipinski definition) is 1. The van der Waals surface area contributed by atoms with Crippen LogP contribution in [0.1, 0.15) is 22.5 Å². The van der Waals surface area contributed by atoms with E-state index in [0.717, 1.165) is 16.8 Å². The van der Waals surface area contributed by atoms with Gasteiger partial charge in [-0.05, 0) is 73.5 Å². The van der Waals surface area contributed by atoms with Gasteiger partial charge in [0.2, 0.25) is 0 Å². The summed E-state index contributed by atoms with van der Waals surface area (Å²) in [7, 11) is -3.77. The Balaban J connectivity index is 2.04. The van der Waals surface area contributed by atoms with E-state index < -0.39 is 10.0 Å². The Labute approximate surface area is 162 Å². The van der Waals surface area contributed by atoms with Crippen molar-refractivity contribution in [3.63, 3.8) is 0 Å². The number of sulfonamides is 1. The third kappa shape index (κ3) is 3.54. The van der Waals surface area contributed by atoms with Crippen LogP contribution in [0.2, 0.25) is 0 Å². The summed E-state index contributed by atoms with van der Waals surface area (Å²) >= 11 is 3.41. The third-order valence-electron chi connectivity index (χ3n) is 4.14. The molecule has 0 saturated carbocycles. The van der Waals surface area contributed by atoms with Crippen LogP contribution in [0.15, 0.2) is 51.8 Å². The minimum atomic E-state index is -3.77. The number of nitrogens with zero attached hydrogens (tertiary/aromatic N) is 2. The van der Waals surface area contributed by atoms with Crippen molar-refractivity contribution < 1.29 is 8.42 Å². The zero-order valence-corrected chi connectivity index (χ0v) is 17.4. The van der Waals surface area contributed by atoms with E-state index in [1.165, 1.54) is 0 Å². The lowest BCUT2D eigenvalue weighted by molar-refractivity contribution is 0.600. The fourth-order valence-electron chi connectivity index (χ4n) is 2.85. The van der Waals surface area contributed by atoms with E-state index in [1.54, 1.807) is 24.6 Å². The quantitative estimate of drug-likeness (QED) is 0.649. The van der Waals surface area contributed by atoms with Crippen molar-refractivity contribution in [2.75, 3.05) is 4.72 Å². The highest BCUT2D eigenvalue weighted by Crippen LogP contribution is 2.29. The van der Waals surface area contributed by atoms with Crippen molar-refractivity contribution in [2.45, 2.75) is 32.6 Å². The molecule has 0 fully saturated rings. The first-order chi connectivity index (χ1) is 12.2. The van der Waals surface area contributed by atoms with E-state index in [0.29, 0.717) is 21.5 Å². The van der Waals surface area contributed by atoms with Gasteiger partial charge in [-0.3, -0.25) is 4.72 Å². The Hall–Kier alpha value is -2.12. The maximum atomic E-state index is 13.0. The van der Waals surface area contributed by atoms with Gasteiger partial charge in [-0.1, -0.05) is 23.8 Å². The molecule has 0 unspecified atom stereocenters. The highest BCUT2D eigenvalue weighted by molar-refractivity contribution is 9.10. The van der Waals surface area contributed by atoms with E-state index in [4.69, 9.17) is 0 Å². The molecule has 0 atom stereocenters. The summed E-state index contributed by atoms with van der Waals surface area (Å²) in [4.78, 5) is 0.200. The average molecular weight is 434 g/mol. The van der Waals surface area contributed by atoms with Gasteiger partial charge in [0.05, 0.1) is 22.8 Å². The van der Waals surface area contributed by atoms with Crippen molar-refractivity contribution in [2.24, 2.45) is 0 Å². The first-order valence-corrected chi connectivity index (χ1v) is 10.4. The lowest BCUT2D eigenvalue weighted by Gasteiger charge is -2.11. The first kappa shape index (κ1) is 18.7. The molecule has 7 heteroatoms. The Morgan fingerprint density at radius 2 is 1.58 bits per heavy atom. The minimum absolute atomic E-state index is 0.200. The Bertz CT molecular complexity index is 1070. The molecule has 3 aromatic rings. The maximum Gasteiger partial charge on any atom is 0.265 e. The summed E-state index contributed by atoms with van der Waals surface area (Å²) in [6.45, 7) is 7.42. The van der Waals surface area contributed by atoms with Crippen molar-refractivity contribution in [1.29, 1.82) is 0 Å². The largest absolute Gasteiger partial charge is 0.278 e. The average Bonchev–Trinajstić information content (AvgIpc) is 2.86. The first-order valence-electron chi connectivity index (χ1n) is 8.11. The second kappa shape index (κ2) is 6.89. The van der Waals surface area contributed by atoms with Crippen LogP contribution in [0.25, 0.3) is 5.69 Å². The van der Waals surface area contributed by atoms with Gasteiger partial charge < -0.3 is 0 Å². The van der Waals surface area contributed by atoms with Gasteiger partial charge in [0.15, 0.2) is 0 Å². The second-order valence-electron chi connectivity index (χ2n) is 6.34. The van der Waals surface area contributed by atoms with E-state index in [2.05, 4.69) is 25.8 Å². The molecule has 2 aromatic carbocycles. The van der Waals surface area contributed by atoms with Crippen LogP contribution in [0.3, 0.4) is 0 Å². The molecule has 0 aliphatic heterocycles. The number of benzene rings is 2. The van der Waals surface area contributed by atoms with E-state index in [-0.39, 0.29) is 4.90 Å². The van der Waals surface area contributed by atoms with Crippen molar-refractivity contribution >= 4 is 31.6 Å². The molecule has 1 aromatic heterocycles. The molecule has 5 nitrogen and oxygen atoms in total. The lowest BCUT2D eigenvalue weighted by atomic mass is 10.2. The van der Waals surface area contributed by atoms with Gasteiger partial charge in [0.25, 0.3) is 10.0 Å². The number of anilines is 1. The minimum Gasteiger partial charge on any atom is -0.278 e. The second-order valence-corrected chi connectivity index (χ2v) is 8.81. The summed E-state index contributed by atoms with van der Waals surface area (Å²) in [5, 5.41) is 4.44. The molecular weight excluding hydrogens is 414 g/mol. The van der Waals surface area contributed by atoms with Gasteiger partial charge in [-0.15, -0.1) is 0 Å². The monoisotopic (exact) mass is 433 g/mol. The highest BCUT2D eigenvalue weighted by atomic mass is 79.9. The van der Waals surface area contributed by atoms with Crippen LogP contribution < -0.4 is 4.72 Å². The van der Waals surface area contributed by atoms with Gasteiger partial charge in [0, 0.05) is 4.47 Å². The molecule has 26 heavy (non-hydrogen) atoms. The Morgan fingerprint density at radius 3 is 2.19 bits per heavy atom. The van der Waals surface area contributed by atoms with Crippen molar-refractivity contribution in [1.82, 2.24) is 9.78 Å². The van der Waals surface area contributed by atoms with Gasteiger partial charge in [-0.2, -0.15) is 5.10 Å². The molecule has 0 aliphatic rings. The van der Waals surface area contributed by atoms with Crippen LogP contribution >= 0.6 is 15.9 Å². The van der Waals surface area contributed by atoms with Crippen LogP contribution in [-0.2, 0) is 10.0 Å². The van der Waals surface area contributed by atoms with Crippen molar-refractivity contribution in [3.05, 3.63) is 69.5 Å². The molecule has 0 saturated heterocycles. The standard InChI is InChI=1S/C19H20BrN3O2S/c1-12-5-8-16(9-6-12)23-15(4)19(14(3)21-23)26(24,25)22-18-10-7-13(2)11-17(18)20/h5-11,22H,1-4H3. The van der Waals surface area contributed by atoms with Crippen LogP contribution in [0, 0.1) is 27.7 Å². The number of nitrogens with one attached hydrogen (secondary N) is 1. The Kier molecular flexibility index (Phi) is 4.94. The summed E-state index contributed by atoms with van der Waals surface area (Å²) < 4.78 is 31.0. The molecule has 0 amide bonds. The predicted octanol–water partition coefficient (Wildman–Crippen LogP) is 4.67. The summed E-state index contributed by atoms with van der Waals surface area (Å²) in [5.41, 5.74) is 4.53. The topological polar surface area (TPSA) is 64.0 Å². The third-order valence-corrected chi connectivity index (χ3v) is 6.41. The molecule has 1 heterocycles. The van der Waals surface area contributed by atoms with E-state index in [1.807, 2.05) is 50.2 Å². The zero-order valence-electron chi connectivity index (χ0n) is 15.0. The molecule has 0 aliphatic carbocycles. The Morgan fingerprint density at radius 1 is 0.962 bits per heavy atom. The van der Waals surface area contributed by atoms with Crippen LogP contribution in [0.5, 0.6) is 0 Å². The zero-order chi connectivity index (χ0) is 19.1. The number of aryl methyl sites for hydroxylation is 3. The summed E-state index contributed by atoms with van der Waals surface area (Å²) in [5.74, 6) is 0. The fourth-order valence-corrected chi connectivity index (χ4v) is 5.05. The van der Waals surface area contributed by atoms with Crippen LogP contribution in [0.4, 0.5) is 5.69 Å². The molecule has 0 spiro atoms. The molecule has 3 rings (SSSR count). The van der Waals surface area contributed by atoms with Gasteiger partial charge >= 0.3 is 0 Å². The normalized spacial score (nSPS) is 11.6. The highest BCUT2D eigenvalue weighted by Gasteiger charge is 2.25. The van der Waals surface area contributed by atoms with E-state index in [9.17, 15) is 8.42 Å².